The Morgan fingerprint density at radius 1 is 1.44 bits per heavy atom. The lowest BCUT2D eigenvalue weighted by Crippen LogP contribution is -2.15. The number of halogens is 3. The summed E-state index contributed by atoms with van der Waals surface area (Å²) in [6, 6.07) is 2.26. The number of nitrogens with one attached hydrogen (secondary N) is 1. The molecule has 1 rings (SSSR count). The molecule has 0 aromatic heterocycles. The lowest BCUT2D eigenvalue weighted by atomic mass is 10.2. The van der Waals surface area contributed by atoms with Gasteiger partial charge in [-0.05, 0) is 19.1 Å². The Kier molecular flexibility index (Phi) is 5.44. The van der Waals surface area contributed by atoms with Gasteiger partial charge in [0, 0.05) is 12.1 Å². The van der Waals surface area contributed by atoms with E-state index in [1.807, 2.05) is 0 Å². The SMILES string of the molecule is C=C(CNc1c(Cl)cc(F)cc1Cl)C(=O)OCC. The Morgan fingerprint density at radius 3 is 2.50 bits per heavy atom. The number of hydrogen-bond donors (Lipinski definition) is 1. The van der Waals surface area contributed by atoms with Gasteiger partial charge < -0.3 is 10.1 Å². The van der Waals surface area contributed by atoms with Gasteiger partial charge in [0.2, 0.25) is 0 Å². The first-order chi connectivity index (χ1) is 8.45. The van der Waals surface area contributed by atoms with Gasteiger partial charge >= 0.3 is 5.97 Å². The third kappa shape index (κ3) is 3.89. The standard InChI is InChI=1S/C12H12Cl2FNO2/c1-3-18-12(17)7(2)6-16-11-9(13)4-8(15)5-10(11)14/h4-5,16H,2-3,6H2,1H3. The van der Waals surface area contributed by atoms with E-state index in [0.29, 0.717) is 5.69 Å². The minimum Gasteiger partial charge on any atom is -0.463 e. The van der Waals surface area contributed by atoms with Gasteiger partial charge in [0.05, 0.1) is 22.3 Å². The van der Waals surface area contributed by atoms with E-state index in [2.05, 4.69) is 11.9 Å². The molecule has 0 radical (unpaired) electrons. The van der Waals surface area contributed by atoms with E-state index < -0.39 is 11.8 Å². The Balaban J connectivity index is 2.70. The summed E-state index contributed by atoms with van der Waals surface area (Å²) < 4.78 is 17.7. The number of hydrogen-bond acceptors (Lipinski definition) is 3. The van der Waals surface area contributed by atoms with Crippen molar-refractivity contribution in [1.29, 1.82) is 0 Å². The summed E-state index contributed by atoms with van der Waals surface area (Å²) in [6.45, 7) is 5.66. The van der Waals surface area contributed by atoms with Gasteiger partial charge in [0.25, 0.3) is 0 Å². The van der Waals surface area contributed by atoms with Gasteiger partial charge in [0.15, 0.2) is 0 Å². The second-order valence-electron chi connectivity index (χ2n) is 3.42. The van der Waals surface area contributed by atoms with E-state index in [0.717, 1.165) is 12.1 Å². The normalized spacial score (nSPS) is 10.0. The minimum atomic E-state index is -0.528. The highest BCUT2D eigenvalue weighted by Gasteiger charge is 2.11. The zero-order valence-corrected chi connectivity index (χ0v) is 11.2. The number of esters is 1. The first kappa shape index (κ1) is 14.8. The van der Waals surface area contributed by atoms with Crippen molar-refractivity contribution in [3.05, 3.63) is 40.1 Å². The van der Waals surface area contributed by atoms with Crippen LogP contribution in [0.15, 0.2) is 24.3 Å². The Labute approximate surface area is 115 Å². The smallest absolute Gasteiger partial charge is 0.335 e. The van der Waals surface area contributed by atoms with Crippen molar-refractivity contribution in [2.24, 2.45) is 0 Å². The van der Waals surface area contributed by atoms with Gasteiger partial charge in [-0.3, -0.25) is 0 Å². The summed E-state index contributed by atoms with van der Waals surface area (Å²) in [7, 11) is 0. The molecule has 0 saturated carbocycles. The highest BCUT2D eigenvalue weighted by molar-refractivity contribution is 6.39. The van der Waals surface area contributed by atoms with Gasteiger partial charge in [0.1, 0.15) is 5.82 Å². The third-order valence-electron chi connectivity index (χ3n) is 2.05. The number of rotatable bonds is 5. The maximum absolute atomic E-state index is 12.9. The lowest BCUT2D eigenvalue weighted by Gasteiger charge is -2.11. The first-order valence-corrected chi connectivity index (χ1v) is 5.94. The molecule has 0 heterocycles. The second-order valence-corrected chi connectivity index (χ2v) is 4.24. The van der Waals surface area contributed by atoms with Crippen LogP contribution in [0.25, 0.3) is 0 Å². The quantitative estimate of drug-likeness (QED) is 0.665. The molecule has 0 aliphatic rings. The fraction of sp³-hybridized carbons (Fsp3) is 0.250. The van der Waals surface area contributed by atoms with Crippen LogP contribution in [0.2, 0.25) is 10.0 Å². The van der Waals surface area contributed by atoms with Crippen LogP contribution in [0.5, 0.6) is 0 Å². The van der Waals surface area contributed by atoms with E-state index >= 15 is 0 Å². The maximum Gasteiger partial charge on any atom is 0.335 e. The molecule has 18 heavy (non-hydrogen) atoms. The fourth-order valence-corrected chi connectivity index (χ4v) is 1.81. The molecule has 0 atom stereocenters. The van der Waals surface area contributed by atoms with Crippen LogP contribution >= 0.6 is 23.2 Å². The molecule has 0 unspecified atom stereocenters. The van der Waals surface area contributed by atoms with Crippen molar-refractivity contribution >= 4 is 34.9 Å². The Hall–Kier alpha value is -1.26. The molecule has 0 saturated heterocycles. The first-order valence-electron chi connectivity index (χ1n) is 5.19. The number of anilines is 1. The summed E-state index contributed by atoms with van der Waals surface area (Å²) in [5.41, 5.74) is 0.582. The average molecular weight is 292 g/mol. The third-order valence-corrected chi connectivity index (χ3v) is 2.65. The Morgan fingerprint density at radius 2 is 2.00 bits per heavy atom. The highest BCUT2D eigenvalue weighted by atomic mass is 35.5. The zero-order chi connectivity index (χ0) is 13.7. The van der Waals surface area contributed by atoms with Gasteiger partial charge in [-0.25, -0.2) is 9.18 Å². The number of benzene rings is 1. The van der Waals surface area contributed by atoms with Gasteiger partial charge in [-0.15, -0.1) is 0 Å². The number of ether oxygens (including phenoxy) is 1. The van der Waals surface area contributed by atoms with E-state index in [4.69, 9.17) is 27.9 Å². The van der Waals surface area contributed by atoms with Crippen molar-refractivity contribution in [1.82, 2.24) is 0 Å². The molecule has 0 spiro atoms. The summed E-state index contributed by atoms with van der Waals surface area (Å²) in [6.07, 6.45) is 0. The van der Waals surface area contributed by atoms with Crippen LogP contribution in [-0.4, -0.2) is 19.1 Å². The topological polar surface area (TPSA) is 38.3 Å². The van der Waals surface area contributed by atoms with E-state index in [1.165, 1.54) is 0 Å². The molecular formula is C12H12Cl2FNO2. The van der Waals surface area contributed by atoms with Crippen LogP contribution in [-0.2, 0) is 9.53 Å². The van der Waals surface area contributed by atoms with E-state index in [1.54, 1.807) is 6.92 Å². The van der Waals surface area contributed by atoms with Crippen LogP contribution in [0.3, 0.4) is 0 Å². The lowest BCUT2D eigenvalue weighted by molar-refractivity contribution is -0.138. The van der Waals surface area contributed by atoms with Crippen molar-refractivity contribution in [2.75, 3.05) is 18.5 Å². The summed E-state index contributed by atoms with van der Waals surface area (Å²) in [4.78, 5) is 11.3. The molecule has 0 fully saturated rings. The molecule has 0 aliphatic carbocycles. The van der Waals surface area contributed by atoms with E-state index in [-0.39, 0.29) is 28.8 Å². The fourth-order valence-electron chi connectivity index (χ4n) is 1.21. The van der Waals surface area contributed by atoms with Crippen molar-refractivity contribution in [2.45, 2.75) is 6.92 Å². The molecular weight excluding hydrogens is 280 g/mol. The molecule has 3 nitrogen and oxygen atoms in total. The van der Waals surface area contributed by atoms with Crippen LogP contribution in [0.1, 0.15) is 6.92 Å². The monoisotopic (exact) mass is 291 g/mol. The highest BCUT2D eigenvalue weighted by Crippen LogP contribution is 2.31. The van der Waals surface area contributed by atoms with Crippen LogP contribution in [0.4, 0.5) is 10.1 Å². The van der Waals surface area contributed by atoms with Crippen molar-refractivity contribution in [3.63, 3.8) is 0 Å². The minimum absolute atomic E-state index is 0.115. The molecule has 1 aromatic carbocycles. The predicted molar refractivity (Wildman–Crippen MR) is 70.7 cm³/mol. The molecule has 0 bridgehead atoms. The summed E-state index contributed by atoms with van der Waals surface area (Å²) in [5, 5.41) is 3.09. The van der Waals surface area contributed by atoms with Crippen molar-refractivity contribution < 1.29 is 13.9 Å². The number of carbonyl (C=O) groups is 1. The number of carbonyl (C=O) groups excluding carboxylic acids is 1. The van der Waals surface area contributed by atoms with Crippen LogP contribution in [0, 0.1) is 5.82 Å². The van der Waals surface area contributed by atoms with Gasteiger partial charge in [-0.1, -0.05) is 29.8 Å². The molecule has 0 aliphatic heterocycles. The summed E-state index contributed by atoms with van der Waals surface area (Å²) >= 11 is 11.7. The van der Waals surface area contributed by atoms with Crippen LogP contribution < -0.4 is 5.32 Å². The van der Waals surface area contributed by atoms with Gasteiger partial charge in [-0.2, -0.15) is 0 Å². The molecule has 0 amide bonds. The summed E-state index contributed by atoms with van der Waals surface area (Å²) in [5.74, 6) is -1.03. The maximum atomic E-state index is 12.9. The van der Waals surface area contributed by atoms with Crippen molar-refractivity contribution in [3.8, 4) is 0 Å². The Bertz CT molecular complexity index is 454. The molecule has 98 valence electrons. The molecule has 1 aromatic rings. The molecule has 1 N–H and O–H groups in total. The molecule has 6 heteroatoms. The second kappa shape index (κ2) is 6.61. The largest absolute Gasteiger partial charge is 0.463 e. The zero-order valence-electron chi connectivity index (χ0n) is 9.73. The predicted octanol–water partition coefficient (Wildman–Crippen LogP) is 3.66. The van der Waals surface area contributed by atoms with E-state index in [9.17, 15) is 9.18 Å². The average Bonchev–Trinajstić information content (AvgIpc) is 2.27.